The largest absolute Gasteiger partial charge is 0.485 e. The first-order chi connectivity index (χ1) is 6.23. The molecule has 0 spiro atoms. The summed E-state index contributed by atoms with van der Waals surface area (Å²) >= 11 is 0. The van der Waals surface area contributed by atoms with Gasteiger partial charge in [0.1, 0.15) is 11.4 Å². The molecule has 0 radical (unpaired) electrons. The lowest BCUT2D eigenvalue weighted by Gasteiger charge is -2.34. The monoisotopic (exact) mass is 178 g/mol. The zero-order chi connectivity index (χ0) is 9.31. The molecule has 13 heavy (non-hydrogen) atoms. The minimum Gasteiger partial charge on any atom is -0.485 e. The van der Waals surface area contributed by atoms with Crippen LogP contribution < -0.4 is 4.74 Å². The van der Waals surface area contributed by atoms with Gasteiger partial charge < -0.3 is 9.84 Å². The molecular weight excluding hydrogens is 164 g/mol. The van der Waals surface area contributed by atoms with E-state index in [4.69, 9.17) is 9.84 Å². The standard InChI is InChI=1S/C11H14O2/c1-11(8-12)7-6-9-4-2-3-5-10(9)13-11/h2-5,12H,6-8H2,1H3. The first kappa shape index (κ1) is 8.57. The van der Waals surface area contributed by atoms with Crippen LogP contribution in [0.4, 0.5) is 0 Å². The molecule has 0 fully saturated rings. The van der Waals surface area contributed by atoms with E-state index in [1.54, 1.807) is 0 Å². The van der Waals surface area contributed by atoms with E-state index >= 15 is 0 Å². The number of para-hydroxylation sites is 1. The van der Waals surface area contributed by atoms with Gasteiger partial charge in [0.15, 0.2) is 0 Å². The Bertz CT molecular complexity index is 309. The first-order valence-corrected chi connectivity index (χ1v) is 4.61. The summed E-state index contributed by atoms with van der Waals surface area (Å²) in [6.45, 7) is 2.03. The lowest BCUT2D eigenvalue weighted by Crippen LogP contribution is -2.39. The van der Waals surface area contributed by atoms with Crippen molar-refractivity contribution in [2.45, 2.75) is 25.4 Å². The third kappa shape index (κ3) is 1.54. The number of aryl methyl sites for hydroxylation is 1. The van der Waals surface area contributed by atoms with Crippen LogP contribution in [0, 0.1) is 0 Å². The second-order valence-corrected chi connectivity index (χ2v) is 3.82. The van der Waals surface area contributed by atoms with Gasteiger partial charge in [0, 0.05) is 0 Å². The minimum atomic E-state index is -0.381. The topological polar surface area (TPSA) is 29.5 Å². The lowest BCUT2D eigenvalue weighted by molar-refractivity contribution is 0.00809. The number of hydrogen-bond donors (Lipinski definition) is 1. The maximum Gasteiger partial charge on any atom is 0.129 e. The van der Waals surface area contributed by atoms with Crippen molar-refractivity contribution in [3.63, 3.8) is 0 Å². The van der Waals surface area contributed by atoms with Crippen LogP contribution >= 0.6 is 0 Å². The molecule has 1 aromatic rings. The molecule has 2 nitrogen and oxygen atoms in total. The molecule has 1 aromatic carbocycles. The number of hydrogen-bond acceptors (Lipinski definition) is 2. The van der Waals surface area contributed by atoms with Crippen LogP contribution in [0.1, 0.15) is 18.9 Å². The fraction of sp³-hybridized carbons (Fsp3) is 0.455. The van der Waals surface area contributed by atoms with Crippen molar-refractivity contribution in [2.75, 3.05) is 6.61 Å². The molecule has 0 amide bonds. The quantitative estimate of drug-likeness (QED) is 0.710. The highest BCUT2D eigenvalue weighted by Crippen LogP contribution is 2.32. The number of aliphatic hydroxyl groups excluding tert-OH is 1. The molecule has 0 aromatic heterocycles. The molecule has 1 aliphatic rings. The van der Waals surface area contributed by atoms with E-state index in [-0.39, 0.29) is 12.2 Å². The summed E-state index contributed by atoms with van der Waals surface area (Å²) < 4.78 is 5.72. The van der Waals surface area contributed by atoms with Crippen molar-refractivity contribution in [3.05, 3.63) is 29.8 Å². The van der Waals surface area contributed by atoms with Gasteiger partial charge in [-0.2, -0.15) is 0 Å². The smallest absolute Gasteiger partial charge is 0.129 e. The Balaban J connectivity index is 2.29. The van der Waals surface area contributed by atoms with E-state index in [0.717, 1.165) is 18.6 Å². The van der Waals surface area contributed by atoms with Crippen LogP contribution in [-0.2, 0) is 6.42 Å². The van der Waals surface area contributed by atoms with Crippen LogP contribution in [0.25, 0.3) is 0 Å². The molecule has 2 rings (SSSR count). The zero-order valence-corrected chi connectivity index (χ0v) is 7.79. The molecule has 1 aliphatic heterocycles. The van der Waals surface area contributed by atoms with E-state index in [2.05, 4.69) is 6.07 Å². The molecule has 1 unspecified atom stereocenters. The Morgan fingerprint density at radius 1 is 1.46 bits per heavy atom. The van der Waals surface area contributed by atoms with Gasteiger partial charge in [0.2, 0.25) is 0 Å². The average Bonchev–Trinajstić information content (AvgIpc) is 2.18. The predicted molar refractivity (Wildman–Crippen MR) is 50.9 cm³/mol. The van der Waals surface area contributed by atoms with Gasteiger partial charge >= 0.3 is 0 Å². The van der Waals surface area contributed by atoms with E-state index in [9.17, 15) is 0 Å². The summed E-state index contributed by atoms with van der Waals surface area (Å²) in [6.07, 6.45) is 1.88. The molecule has 2 heteroatoms. The highest BCUT2D eigenvalue weighted by atomic mass is 16.5. The van der Waals surface area contributed by atoms with E-state index < -0.39 is 0 Å². The molecule has 0 aliphatic carbocycles. The summed E-state index contributed by atoms with van der Waals surface area (Å²) in [4.78, 5) is 0. The molecule has 1 N–H and O–H groups in total. The Labute approximate surface area is 78.2 Å². The summed E-state index contributed by atoms with van der Waals surface area (Å²) in [5.74, 6) is 0.922. The van der Waals surface area contributed by atoms with Crippen molar-refractivity contribution >= 4 is 0 Å². The van der Waals surface area contributed by atoms with E-state index in [1.165, 1.54) is 5.56 Å². The second-order valence-electron chi connectivity index (χ2n) is 3.82. The third-order valence-electron chi connectivity index (χ3n) is 2.59. The van der Waals surface area contributed by atoms with Crippen LogP contribution in [0.15, 0.2) is 24.3 Å². The summed E-state index contributed by atoms with van der Waals surface area (Å²) in [5, 5.41) is 9.15. The van der Waals surface area contributed by atoms with Crippen molar-refractivity contribution in [1.29, 1.82) is 0 Å². The maximum absolute atomic E-state index is 9.15. The summed E-state index contributed by atoms with van der Waals surface area (Å²) in [6, 6.07) is 8.01. The number of benzene rings is 1. The van der Waals surface area contributed by atoms with Crippen LogP contribution in [-0.4, -0.2) is 17.3 Å². The predicted octanol–water partition coefficient (Wildman–Crippen LogP) is 1.76. The Morgan fingerprint density at radius 3 is 3.00 bits per heavy atom. The lowest BCUT2D eigenvalue weighted by atomic mass is 9.93. The Kier molecular flexibility index (Phi) is 2.00. The number of aliphatic hydroxyl groups is 1. The highest BCUT2D eigenvalue weighted by molar-refractivity contribution is 5.35. The van der Waals surface area contributed by atoms with Crippen molar-refractivity contribution in [3.8, 4) is 5.75 Å². The van der Waals surface area contributed by atoms with Crippen LogP contribution in [0.3, 0.4) is 0 Å². The zero-order valence-electron chi connectivity index (χ0n) is 7.79. The van der Waals surface area contributed by atoms with Gasteiger partial charge in [-0.05, 0) is 31.4 Å². The fourth-order valence-corrected chi connectivity index (χ4v) is 1.64. The minimum absolute atomic E-state index is 0.0847. The molecule has 1 heterocycles. The van der Waals surface area contributed by atoms with Gasteiger partial charge in [0.25, 0.3) is 0 Å². The molecule has 0 saturated carbocycles. The number of fused-ring (bicyclic) bond motifs is 1. The molecule has 1 atom stereocenters. The van der Waals surface area contributed by atoms with Crippen LogP contribution in [0.2, 0.25) is 0 Å². The van der Waals surface area contributed by atoms with Gasteiger partial charge in [-0.3, -0.25) is 0 Å². The van der Waals surface area contributed by atoms with Crippen LogP contribution in [0.5, 0.6) is 5.75 Å². The third-order valence-corrected chi connectivity index (χ3v) is 2.59. The Morgan fingerprint density at radius 2 is 2.23 bits per heavy atom. The molecule has 0 bridgehead atoms. The van der Waals surface area contributed by atoms with E-state index in [0.29, 0.717) is 0 Å². The van der Waals surface area contributed by atoms with E-state index in [1.807, 2.05) is 25.1 Å². The van der Waals surface area contributed by atoms with Gasteiger partial charge in [-0.25, -0.2) is 0 Å². The average molecular weight is 178 g/mol. The maximum atomic E-state index is 9.15. The first-order valence-electron chi connectivity index (χ1n) is 4.61. The van der Waals surface area contributed by atoms with Crippen molar-refractivity contribution in [1.82, 2.24) is 0 Å². The molecule has 70 valence electrons. The highest BCUT2D eigenvalue weighted by Gasteiger charge is 2.30. The summed E-state index contributed by atoms with van der Waals surface area (Å²) in [5.41, 5.74) is 0.863. The van der Waals surface area contributed by atoms with Gasteiger partial charge in [0.05, 0.1) is 6.61 Å². The SMILES string of the molecule is CC1(CO)CCc2ccccc2O1. The van der Waals surface area contributed by atoms with Crippen molar-refractivity contribution < 1.29 is 9.84 Å². The fourth-order valence-electron chi connectivity index (χ4n) is 1.64. The van der Waals surface area contributed by atoms with Crippen molar-refractivity contribution in [2.24, 2.45) is 0 Å². The molecule has 0 saturated heterocycles. The normalized spacial score (nSPS) is 26.3. The summed E-state index contributed by atoms with van der Waals surface area (Å²) in [7, 11) is 0. The number of ether oxygens (including phenoxy) is 1. The van der Waals surface area contributed by atoms with Gasteiger partial charge in [-0.1, -0.05) is 18.2 Å². The Hall–Kier alpha value is -1.02. The molecular formula is C11H14O2. The van der Waals surface area contributed by atoms with Gasteiger partial charge in [-0.15, -0.1) is 0 Å². The number of rotatable bonds is 1. The second kappa shape index (κ2) is 3.04.